The molecule has 0 saturated carbocycles. The molecule has 1 heterocycles. The lowest BCUT2D eigenvalue weighted by Gasteiger charge is -2.16. The van der Waals surface area contributed by atoms with Crippen LogP contribution in [0.1, 0.15) is 24.3 Å². The van der Waals surface area contributed by atoms with E-state index in [4.69, 9.17) is 4.52 Å². The van der Waals surface area contributed by atoms with Gasteiger partial charge in [-0.2, -0.15) is 4.98 Å². The molecule has 0 fully saturated rings. The van der Waals surface area contributed by atoms with Gasteiger partial charge in [0.1, 0.15) is 0 Å². The zero-order valence-electron chi connectivity index (χ0n) is 16.2. The van der Waals surface area contributed by atoms with Gasteiger partial charge in [0.15, 0.2) is 0 Å². The predicted molar refractivity (Wildman–Crippen MR) is 108 cm³/mol. The summed E-state index contributed by atoms with van der Waals surface area (Å²) in [6.07, 6.45) is 1.70. The lowest BCUT2D eigenvalue weighted by molar-refractivity contribution is -0.121. The first-order valence-electron chi connectivity index (χ1n) is 9.58. The van der Waals surface area contributed by atoms with Crippen LogP contribution in [-0.2, 0) is 17.8 Å². The Morgan fingerprint density at radius 2 is 1.79 bits per heavy atom. The van der Waals surface area contributed by atoms with Crippen LogP contribution in [0.2, 0.25) is 0 Å². The number of aromatic nitrogens is 2. The Labute approximate surface area is 165 Å². The maximum Gasteiger partial charge on any atom is 0.227 e. The quantitative estimate of drug-likeness (QED) is 0.548. The smallest absolute Gasteiger partial charge is 0.227 e. The number of benzene rings is 2. The standard InChI is InChI=1S/C22H26N4O2/c1-26(17-18-9-4-2-5-10-18)16-8-15-23-20(27)13-14-21-24-22(25-28-21)19-11-6-3-7-12-19/h2-7,9-12H,8,13-17H2,1H3,(H,23,27). The van der Waals surface area contributed by atoms with Gasteiger partial charge in [-0.3, -0.25) is 4.79 Å². The molecule has 0 aliphatic rings. The van der Waals surface area contributed by atoms with E-state index >= 15 is 0 Å². The highest BCUT2D eigenvalue weighted by Crippen LogP contribution is 2.15. The molecule has 0 aliphatic heterocycles. The second-order valence-electron chi connectivity index (χ2n) is 6.80. The number of amides is 1. The Bertz CT molecular complexity index is 849. The third-order valence-corrected chi connectivity index (χ3v) is 4.40. The Balaban J connectivity index is 1.31. The van der Waals surface area contributed by atoms with Crippen LogP contribution in [0.4, 0.5) is 0 Å². The molecule has 3 rings (SSSR count). The highest BCUT2D eigenvalue weighted by molar-refractivity contribution is 5.75. The summed E-state index contributed by atoms with van der Waals surface area (Å²) in [5, 5.41) is 6.93. The summed E-state index contributed by atoms with van der Waals surface area (Å²) in [4.78, 5) is 18.6. The topological polar surface area (TPSA) is 71.3 Å². The van der Waals surface area contributed by atoms with Crippen molar-refractivity contribution >= 4 is 5.91 Å². The molecule has 0 unspecified atom stereocenters. The van der Waals surface area contributed by atoms with E-state index in [-0.39, 0.29) is 5.91 Å². The van der Waals surface area contributed by atoms with Gasteiger partial charge in [0.05, 0.1) is 0 Å². The van der Waals surface area contributed by atoms with Gasteiger partial charge in [-0.1, -0.05) is 65.8 Å². The molecule has 146 valence electrons. The third-order valence-electron chi connectivity index (χ3n) is 4.40. The first-order valence-corrected chi connectivity index (χ1v) is 9.58. The van der Waals surface area contributed by atoms with Crippen LogP contribution in [0, 0.1) is 0 Å². The van der Waals surface area contributed by atoms with Crippen molar-refractivity contribution in [3.05, 3.63) is 72.1 Å². The summed E-state index contributed by atoms with van der Waals surface area (Å²) in [6, 6.07) is 20.0. The van der Waals surface area contributed by atoms with E-state index in [1.54, 1.807) is 0 Å². The Morgan fingerprint density at radius 1 is 1.07 bits per heavy atom. The number of carbonyl (C=O) groups is 1. The minimum atomic E-state index is 0.00479. The van der Waals surface area contributed by atoms with E-state index in [1.165, 1.54) is 5.56 Å². The van der Waals surface area contributed by atoms with Crippen molar-refractivity contribution in [2.45, 2.75) is 25.8 Å². The van der Waals surface area contributed by atoms with Crippen molar-refractivity contribution in [2.24, 2.45) is 0 Å². The van der Waals surface area contributed by atoms with Gasteiger partial charge in [0.2, 0.25) is 17.6 Å². The zero-order valence-corrected chi connectivity index (χ0v) is 16.2. The largest absolute Gasteiger partial charge is 0.356 e. The number of hydrogen-bond donors (Lipinski definition) is 1. The molecule has 0 spiro atoms. The second-order valence-corrected chi connectivity index (χ2v) is 6.80. The minimum absolute atomic E-state index is 0.00479. The van der Waals surface area contributed by atoms with Gasteiger partial charge in [0.25, 0.3) is 0 Å². The number of rotatable bonds is 10. The molecule has 6 nitrogen and oxygen atoms in total. The monoisotopic (exact) mass is 378 g/mol. The Hall–Kier alpha value is -2.99. The number of nitrogens with zero attached hydrogens (tertiary/aromatic N) is 3. The molecule has 0 saturated heterocycles. The Kier molecular flexibility index (Phi) is 7.32. The first-order chi connectivity index (χ1) is 13.7. The fourth-order valence-electron chi connectivity index (χ4n) is 2.92. The molecule has 0 bridgehead atoms. The van der Waals surface area contributed by atoms with Crippen molar-refractivity contribution in [3.8, 4) is 11.4 Å². The van der Waals surface area contributed by atoms with Gasteiger partial charge in [-0.05, 0) is 25.6 Å². The summed E-state index contributed by atoms with van der Waals surface area (Å²) < 4.78 is 5.24. The molecule has 1 amide bonds. The first kappa shape index (κ1) is 19.8. The van der Waals surface area contributed by atoms with Crippen molar-refractivity contribution < 1.29 is 9.32 Å². The fourth-order valence-corrected chi connectivity index (χ4v) is 2.92. The summed E-state index contributed by atoms with van der Waals surface area (Å²) in [5.41, 5.74) is 2.20. The third kappa shape index (κ3) is 6.32. The fraction of sp³-hybridized carbons (Fsp3) is 0.318. The minimum Gasteiger partial charge on any atom is -0.356 e. The van der Waals surface area contributed by atoms with Gasteiger partial charge in [-0.25, -0.2) is 0 Å². The summed E-state index contributed by atoms with van der Waals surface area (Å²) in [5.74, 6) is 1.04. The average Bonchev–Trinajstić information content (AvgIpc) is 3.20. The summed E-state index contributed by atoms with van der Waals surface area (Å²) in [6.45, 7) is 2.51. The van der Waals surface area contributed by atoms with E-state index in [0.29, 0.717) is 31.1 Å². The molecule has 28 heavy (non-hydrogen) atoms. The van der Waals surface area contributed by atoms with Gasteiger partial charge >= 0.3 is 0 Å². The number of carbonyl (C=O) groups excluding carboxylic acids is 1. The van der Waals surface area contributed by atoms with E-state index in [9.17, 15) is 4.79 Å². The molecule has 3 aromatic rings. The number of aryl methyl sites for hydroxylation is 1. The summed E-state index contributed by atoms with van der Waals surface area (Å²) >= 11 is 0. The molecule has 0 atom stereocenters. The SMILES string of the molecule is CN(CCCNC(=O)CCc1nc(-c2ccccc2)no1)Cc1ccccc1. The molecular formula is C22H26N4O2. The van der Waals surface area contributed by atoms with Crippen LogP contribution in [0.15, 0.2) is 65.2 Å². The van der Waals surface area contributed by atoms with Gasteiger partial charge in [-0.15, -0.1) is 0 Å². The number of hydrogen-bond acceptors (Lipinski definition) is 5. The highest BCUT2D eigenvalue weighted by Gasteiger charge is 2.10. The molecule has 1 aromatic heterocycles. The van der Waals surface area contributed by atoms with E-state index in [1.807, 2.05) is 36.4 Å². The molecule has 1 N–H and O–H groups in total. The summed E-state index contributed by atoms with van der Waals surface area (Å²) in [7, 11) is 2.09. The molecular weight excluding hydrogens is 352 g/mol. The van der Waals surface area contributed by atoms with E-state index in [2.05, 4.69) is 51.7 Å². The second kappa shape index (κ2) is 10.4. The van der Waals surface area contributed by atoms with Crippen LogP contribution in [0.5, 0.6) is 0 Å². The molecule has 6 heteroatoms. The van der Waals surface area contributed by atoms with Crippen molar-refractivity contribution in [2.75, 3.05) is 20.1 Å². The zero-order chi connectivity index (χ0) is 19.6. The van der Waals surface area contributed by atoms with Crippen molar-refractivity contribution in [1.82, 2.24) is 20.4 Å². The predicted octanol–water partition coefficient (Wildman–Crippen LogP) is 3.31. The molecule has 0 radical (unpaired) electrons. The maximum absolute atomic E-state index is 12.0. The van der Waals surface area contributed by atoms with E-state index in [0.717, 1.165) is 25.1 Å². The van der Waals surface area contributed by atoms with Crippen molar-refractivity contribution in [1.29, 1.82) is 0 Å². The lowest BCUT2D eigenvalue weighted by atomic mass is 10.2. The number of nitrogens with one attached hydrogen (secondary N) is 1. The van der Waals surface area contributed by atoms with Crippen LogP contribution >= 0.6 is 0 Å². The van der Waals surface area contributed by atoms with Crippen LogP contribution in [0.25, 0.3) is 11.4 Å². The van der Waals surface area contributed by atoms with Crippen LogP contribution < -0.4 is 5.32 Å². The normalized spacial score (nSPS) is 10.9. The highest BCUT2D eigenvalue weighted by atomic mass is 16.5. The Morgan fingerprint density at radius 3 is 2.54 bits per heavy atom. The van der Waals surface area contributed by atoms with Crippen molar-refractivity contribution in [3.63, 3.8) is 0 Å². The van der Waals surface area contributed by atoms with Crippen LogP contribution in [0.3, 0.4) is 0 Å². The van der Waals surface area contributed by atoms with E-state index < -0.39 is 0 Å². The maximum atomic E-state index is 12.0. The molecule has 2 aromatic carbocycles. The van der Waals surface area contributed by atoms with Gasteiger partial charge < -0.3 is 14.7 Å². The van der Waals surface area contributed by atoms with Gasteiger partial charge in [0, 0.05) is 31.5 Å². The lowest BCUT2D eigenvalue weighted by Crippen LogP contribution is -2.28. The van der Waals surface area contributed by atoms with Crippen LogP contribution in [-0.4, -0.2) is 41.1 Å². The molecule has 0 aliphatic carbocycles. The average molecular weight is 378 g/mol.